The SMILES string of the molecule is O=C1OC(c2ccc(Cl)cc2)=N/C1=C/c1ccc(OC(=O)c2c(F)cccc2F)cc1. The Morgan fingerprint density at radius 2 is 1.61 bits per heavy atom. The molecule has 1 aliphatic rings. The summed E-state index contributed by atoms with van der Waals surface area (Å²) in [7, 11) is 0. The maximum atomic E-state index is 13.7. The van der Waals surface area contributed by atoms with Gasteiger partial charge < -0.3 is 9.47 Å². The smallest absolute Gasteiger partial charge is 0.363 e. The van der Waals surface area contributed by atoms with Crippen LogP contribution in [0.25, 0.3) is 6.08 Å². The number of nitrogens with zero attached hydrogens (tertiary/aromatic N) is 1. The lowest BCUT2D eigenvalue weighted by Crippen LogP contribution is -2.13. The van der Waals surface area contributed by atoms with Crippen molar-refractivity contribution in [1.29, 1.82) is 0 Å². The fraction of sp³-hybridized carbons (Fsp3) is 0. The van der Waals surface area contributed by atoms with Crippen molar-refractivity contribution in [2.24, 2.45) is 4.99 Å². The molecule has 154 valence electrons. The van der Waals surface area contributed by atoms with E-state index in [9.17, 15) is 18.4 Å². The summed E-state index contributed by atoms with van der Waals surface area (Å²) in [5.74, 6) is -3.56. The van der Waals surface area contributed by atoms with Crippen molar-refractivity contribution >= 4 is 35.5 Å². The van der Waals surface area contributed by atoms with Crippen LogP contribution in [0.2, 0.25) is 5.02 Å². The number of esters is 2. The number of hydrogen-bond donors (Lipinski definition) is 0. The number of cyclic esters (lactones) is 1. The van der Waals surface area contributed by atoms with Gasteiger partial charge in [-0.1, -0.05) is 29.8 Å². The summed E-state index contributed by atoms with van der Waals surface area (Å²) >= 11 is 5.85. The maximum Gasteiger partial charge on any atom is 0.363 e. The second-order valence-electron chi connectivity index (χ2n) is 6.40. The summed E-state index contributed by atoms with van der Waals surface area (Å²) in [6.45, 7) is 0. The number of benzene rings is 3. The number of hydrogen-bond acceptors (Lipinski definition) is 5. The molecule has 1 aliphatic heterocycles. The van der Waals surface area contributed by atoms with E-state index in [2.05, 4.69) is 4.99 Å². The fourth-order valence-electron chi connectivity index (χ4n) is 2.77. The van der Waals surface area contributed by atoms with Gasteiger partial charge in [0.05, 0.1) is 0 Å². The zero-order chi connectivity index (χ0) is 22.0. The Hall–Kier alpha value is -3.84. The third-order valence-corrected chi connectivity index (χ3v) is 4.52. The molecule has 0 saturated heterocycles. The number of aliphatic imine (C=N–C) groups is 1. The number of carbonyl (C=O) groups excluding carboxylic acids is 2. The zero-order valence-corrected chi connectivity index (χ0v) is 16.4. The van der Waals surface area contributed by atoms with Gasteiger partial charge in [-0.05, 0) is 60.2 Å². The Labute approximate surface area is 180 Å². The molecule has 0 fully saturated rings. The van der Waals surface area contributed by atoms with E-state index in [0.717, 1.165) is 18.2 Å². The van der Waals surface area contributed by atoms with Crippen LogP contribution in [0.5, 0.6) is 5.75 Å². The van der Waals surface area contributed by atoms with Crippen molar-refractivity contribution in [2.75, 3.05) is 0 Å². The molecular formula is C23H12ClF2NO4. The average molecular weight is 440 g/mol. The Kier molecular flexibility index (Phi) is 5.60. The van der Waals surface area contributed by atoms with Crippen molar-refractivity contribution in [1.82, 2.24) is 0 Å². The predicted molar refractivity (Wildman–Crippen MR) is 110 cm³/mol. The minimum Gasteiger partial charge on any atom is -0.423 e. The van der Waals surface area contributed by atoms with Gasteiger partial charge in [-0.15, -0.1) is 0 Å². The molecule has 0 radical (unpaired) electrons. The largest absolute Gasteiger partial charge is 0.423 e. The quantitative estimate of drug-likeness (QED) is 0.319. The molecule has 3 aromatic carbocycles. The molecule has 0 amide bonds. The van der Waals surface area contributed by atoms with E-state index in [-0.39, 0.29) is 17.3 Å². The maximum absolute atomic E-state index is 13.7. The molecule has 0 bridgehead atoms. The van der Waals surface area contributed by atoms with Crippen LogP contribution in [-0.2, 0) is 9.53 Å². The highest BCUT2D eigenvalue weighted by atomic mass is 35.5. The van der Waals surface area contributed by atoms with Crippen molar-refractivity contribution in [3.8, 4) is 5.75 Å². The van der Waals surface area contributed by atoms with E-state index < -0.39 is 29.1 Å². The summed E-state index contributed by atoms with van der Waals surface area (Å²) in [5, 5.41) is 0.544. The summed E-state index contributed by atoms with van der Waals surface area (Å²) < 4.78 is 37.6. The molecule has 0 spiro atoms. The molecule has 0 N–H and O–H groups in total. The van der Waals surface area contributed by atoms with Crippen LogP contribution in [0.3, 0.4) is 0 Å². The topological polar surface area (TPSA) is 65.0 Å². The van der Waals surface area contributed by atoms with E-state index >= 15 is 0 Å². The molecule has 0 atom stereocenters. The van der Waals surface area contributed by atoms with Gasteiger partial charge >= 0.3 is 11.9 Å². The normalized spacial score (nSPS) is 14.4. The average Bonchev–Trinajstić information content (AvgIpc) is 3.10. The van der Waals surface area contributed by atoms with Crippen LogP contribution >= 0.6 is 11.6 Å². The van der Waals surface area contributed by atoms with Crippen molar-refractivity contribution in [3.05, 3.63) is 106 Å². The van der Waals surface area contributed by atoms with Crippen LogP contribution < -0.4 is 4.74 Å². The van der Waals surface area contributed by atoms with Crippen molar-refractivity contribution in [2.45, 2.75) is 0 Å². The van der Waals surface area contributed by atoms with Gasteiger partial charge in [-0.3, -0.25) is 0 Å². The van der Waals surface area contributed by atoms with E-state index in [1.807, 2.05) is 0 Å². The standard InChI is InChI=1S/C23H12ClF2NO4/c24-15-8-6-14(7-9-15)21-27-19(22(28)31-21)12-13-4-10-16(11-5-13)30-23(29)20-17(25)2-1-3-18(20)26/h1-12H/b19-12+. The van der Waals surface area contributed by atoms with Gasteiger partial charge in [0.25, 0.3) is 0 Å². The van der Waals surface area contributed by atoms with Gasteiger partial charge in [0.15, 0.2) is 5.70 Å². The molecule has 4 rings (SSSR count). The lowest BCUT2D eigenvalue weighted by molar-refractivity contribution is -0.129. The van der Waals surface area contributed by atoms with Gasteiger partial charge in [-0.25, -0.2) is 23.4 Å². The van der Waals surface area contributed by atoms with Gasteiger partial charge in [0.1, 0.15) is 22.9 Å². The molecule has 8 heteroatoms. The van der Waals surface area contributed by atoms with E-state index in [1.54, 1.807) is 36.4 Å². The Morgan fingerprint density at radius 1 is 0.968 bits per heavy atom. The highest BCUT2D eigenvalue weighted by Gasteiger charge is 2.24. The molecular weight excluding hydrogens is 428 g/mol. The third-order valence-electron chi connectivity index (χ3n) is 4.27. The number of carbonyl (C=O) groups is 2. The van der Waals surface area contributed by atoms with Crippen LogP contribution in [0.1, 0.15) is 21.5 Å². The van der Waals surface area contributed by atoms with Crippen molar-refractivity contribution in [3.63, 3.8) is 0 Å². The summed E-state index contributed by atoms with van der Waals surface area (Å²) in [4.78, 5) is 28.3. The number of ether oxygens (including phenoxy) is 2. The highest BCUT2D eigenvalue weighted by molar-refractivity contribution is 6.30. The first kappa shape index (κ1) is 20.4. The number of rotatable bonds is 4. The highest BCUT2D eigenvalue weighted by Crippen LogP contribution is 2.22. The summed E-state index contributed by atoms with van der Waals surface area (Å²) in [6, 6.07) is 15.7. The fourth-order valence-corrected chi connectivity index (χ4v) is 2.89. The zero-order valence-electron chi connectivity index (χ0n) is 15.6. The van der Waals surface area contributed by atoms with Crippen molar-refractivity contribution < 1.29 is 27.8 Å². The molecule has 31 heavy (non-hydrogen) atoms. The summed E-state index contributed by atoms with van der Waals surface area (Å²) in [6.07, 6.45) is 1.49. The first-order valence-corrected chi connectivity index (χ1v) is 9.33. The Morgan fingerprint density at radius 3 is 2.26 bits per heavy atom. The van der Waals surface area contributed by atoms with Crippen LogP contribution in [0.4, 0.5) is 8.78 Å². The second kappa shape index (κ2) is 8.49. The first-order valence-electron chi connectivity index (χ1n) is 8.95. The van der Waals surface area contributed by atoms with E-state index in [4.69, 9.17) is 21.1 Å². The van der Waals surface area contributed by atoms with Gasteiger partial charge in [0.2, 0.25) is 5.90 Å². The van der Waals surface area contributed by atoms with Gasteiger partial charge in [0, 0.05) is 10.6 Å². The molecule has 0 unspecified atom stereocenters. The second-order valence-corrected chi connectivity index (χ2v) is 6.83. The molecule has 5 nitrogen and oxygen atoms in total. The Balaban J connectivity index is 1.50. The first-order chi connectivity index (χ1) is 14.9. The molecule has 3 aromatic rings. The minimum atomic E-state index is -1.15. The van der Waals surface area contributed by atoms with Crippen LogP contribution in [0.15, 0.2) is 77.4 Å². The van der Waals surface area contributed by atoms with E-state index in [1.165, 1.54) is 18.2 Å². The number of halogens is 3. The molecule has 1 heterocycles. The summed E-state index contributed by atoms with van der Waals surface area (Å²) in [5.41, 5.74) is 0.489. The monoisotopic (exact) mass is 439 g/mol. The predicted octanol–water partition coefficient (Wildman–Crippen LogP) is 5.18. The lowest BCUT2D eigenvalue weighted by atomic mass is 10.2. The van der Waals surface area contributed by atoms with Gasteiger partial charge in [-0.2, -0.15) is 0 Å². The molecule has 0 aromatic heterocycles. The molecule has 0 saturated carbocycles. The lowest BCUT2D eigenvalue weighted by Gasteiger charge is -2.06. The third kappa shape index (κ3) is 4.51. The van der Waals surface area contributed by atoms with Crippen LogP contribution in [-0.4, -0.2) is 17.8 Å². The minimum absolute atomic E-state index is 0.0779. The van der Waals surface area contributed by atoms with Crippen LogP contribution in [0, 0.1) is 11.6 Å². The molecule has 0 aliphatic carbocycles. The Bertz CT molecular complexity index is 1220. The van der Waals surface area contributed by atoms with E-state index in [0.29, 0.717) is 16.1 Å².